The first-order valence-electron chi connectivity index (χ1n) is 5.62. The molecule has 0 bridgehead atoms. The Kier molecular flexibility index (Phi) is 4.44. The van der Waals surface area contributed by atoms with E-state index in [0.717, 1.165) is 26.2 Å². The number of hydrogen-bond acceptors (Lipinski definition) is 2. The van der Waals surface area contributed by atoms with Gasteiger partial charge in [0.2, 0.25) is 0 Å². The predicted octanol–water partition coefficient (Wildman–Crippen LogP) is 1.46. The van der Waals surface area contributed by atoms with Crippen LogP contribution in [-0.2, 0) is 0 Å². The summed E-state index contributed by atoms with van der Waals surface area (Å²) in [5.41, 5.74) is 6.23. The standard InChI is InChI=1S/C12H22N2/c1-3-8-14(9-4-2)11-12(10-13)6-5-7-12/h1H,4-11,13H2,2H3. The van der Waals surface area contributed by atoms with Crippen LogP contribution in [0, 0.1) is 17.8 Å². The molecule has 1 aliphatic rings. The second-order valence-corrected chi connectivity index (χ2v) is 4.47. The van der Waals surface area contributed by atoms with Gasteiger partial charge in [-0.2, -0.15) is 0 Å². The Bertz CT molecular complexity index is 195. The predicted molar refractivity (Wildman–Crippen MR) is 60.9 cm³/mol. The van der Waals surface area contributed by atoms with Crippen molar-refractivity contribution in [2.75, 3.05) is 26.2 Å². The van der Waals surface area contributed by atoms with Crippen molar-refractivity contribution in [2.24, 2.45) is 11.1 Å². The molecule has 80 valence electrons. The third-order valence-electron chi connectivity index (χ3n) is 3.26. The maximum atomic E-state index is 5.83. The summed E-state index contributed by atoms with van der Waals surface area (Å²) in [6.45, 7) is 5.99. The summed E-state index contributed by atoms with van der Waals surface area (Å²) < 4.78 is 0. The molecule has 0 heterocycles. The molecule has 2 N–H and O–H groups in total. The third-order valence-corrected chi connectivity index (χ3v) is 3.26. The molecule has 0 saturated heterocycles. The first kappa shape index (κ1) is 11.6. The molecule has 0 atom stereocenters. The number of rotatable bonds is 6. The molecule has 0 spiro atoms. The Labute approximate surface area is 87.8 Å². The third kappa shape index (κ3) is 2.73. The van der Waals surface area contributed by atoms with Crippen LogP contribution in [0.2, 0.25) is 0 Å². The quantitative estimate of drug-likeness (QED) is 0.649. The summed E-state index contributed by atoms with van der Waals surface area (Å²) in [5.74, 6) is 2.73. The Morgan fingerprint density at radius 2 is 2.21 bits per heavy atom. The van der Waals surface area contributed by atoms with Crippen molar-refractivity contribution in [3.8, 4) is 12.3 Å². The van der Waals surface area contributed by atoms with Crippen molar-refractivity contribution in [1.82, 2.24) is 4.90 Å². The molecule has 0 aromatic rings. The van der Waals surface area contributed by atoms with Gasteiger partial charge in [0.25, 0.3) is 0 Å². The highest BCUT2D eigenvalue weighted by Gasteiger charge is 2.36. The molecule has 1 aliphatic carbocycles. The summed E-state index contributed by atoms with van der Waals surface area (Å²) in [4.78, 5) is 2.37. The summed E-state index contributed by atoms with van der Waals surface area (Å²) in [5, 5.41) is 0. The van der Waals surface area contributed by atoms with E-state index in [1.807, 2.05) is 0 Å². The molecule has 1 saturated carbocycles. The van der Waals surface area contributed by atoms with Gasteiger partial charge < -0.3 is 5.73 Å². The largest absolute Gasteiger partial charge is 0.330 e. The zero-order valence-electron chi connectivity index (χ0n) is 9.26. The maximum absolute atomic E-state index is 5.83. The first-order chi connectivity index (χ1) is 6.76. The van der Waals surface area contributed by atoms with Crippen molar-refractivity contribution in [2.45, 2.75) is 32.6 Å². The van der Waals surface area contributed by atoms with Crippen LogP contribution in [0.25, 0.3) is 0 Å². The van der Waals surface area contributed by atoms with E-state index in [0.29, 0.717) is 5.41 Å². The fraction of sp³-hybridized carbons (Fsp3) is 0.833. The molecule has 2 nitrogen and oxygen atoms in total. The smallest absolute Gasteiger partial charge is 0.0599 e. The fourth-order valence-electron chi connectivity index (χ4n) is 2.24. The average molecular weight is 194 g/mol. The molecule has 0 unspecified atom stereocenters. The van der Waals surface area contributed by atoms with E-state index in [4.69, 9.17) is 12.2 Å². The van der Waals surface area contributed by atoms with E-state index in [-0.39, 0.29) is 0 Å². The van der Waals surface area contributed by atoms with Crippen LogP contribution in [0.15, 0.2) is 0 Å². The molecule has 1 rings (SSSR count). The van der Waals surface area contributed by atoms with Crippen LogP contribution in [0.5, 0.6) is 0 Å². The van der Waals surface area contributed by atoms with Gasteiger partial charge in [-0.3, -0.25) is 4.90 Å². The molecule has 0 aromatic carbocycles. The van der Waals surface area contributed by atoms with Crippen molar-refractivity contribution < 1.29 is 0 Å². The molecular formula is C12H22N2. The van der Waals surface area contributed by atoms with Crippen molar-refractivity contribution in [3.63, 3.8) is 0 Å². The summed E-state index contributed by atoms with van der Waals surface area (Å²) >= 11 is 0. The van der Waals surface area contributed by atoms with Gasteiger partial charge in [-0.1, -0.05) is 19.3 Å². The minimum absolute atomic E-state index is 0.395. The Hall–Kier alpha value is -0.520. The van der Waals surface area contributed by atoms with Gasteiger partial charge in [0.05, 0.1) is 6.54 Å². The Balaban J connectivity index is 2.41. The lowest BCUT2D eigenvalue weighted by molar-refractivity contribution is 0.0816. The van der Waals surface area contributed by atoms with Gasteiger partial charge in [0.1, 0.15) is 0 Å². The van der Waals surface area contributed by atoms with E-state index < -0.39 is 0 Å². The average Bonchev–Trinajstić information content (AvgIpc) is 2.12. The highest BCUT2D eigenvalue weighted by atomic mass is 15.1. The van der Waals surface area contributed by atoms with Crippen molar-refractivity contribution in [1.29, 1.82) is 0 Å². The molecule has 1 fully saturated rings. The molecule has 0 aromatic heterocycles. The Morgan fingerprint density at radius 1 is 1.50 bits per heavy atom. The van der Waals surface area contributed by atoms with Crippen LogP contribution in [0.3, 0.4) is 0 Å². The van der Waals surface area contributed by atoms with Gasteiger partial charge in [-0.05, 0) is 37.8 Å². The van der Waals surface area contributed by atoms with E-state index in [1.54, 1.807) is 0 Å². The van der Waals surface area contributed by atoms with Crippen LogP contribution >= 0.6 is 0 Å². The van der Waals surface area contributed by atoms with Crippen LogP contribution in [0.4, 0.5) is 0 Å². The van der Waals surface area contributed by atoms with E-state index in [9.17, 15) is 0 Å². The van der Waals surface area contributed by atoms with E-state index in [1.165, 1.54) is 25.7 Å². The SMILES string of the molecule is C#CCN(CCC)CC1(CN)CCC1. The van der Waals surface area contributed by atoms with Gasteiger partial charge in [-0.15, -0.1) is 6.42 Å². The van der Waals surface area contributed by atoms with Gasteiger partial charge in [0, 0.05) is 6.54 Å². The molecule has 0 aliphatic heterocycles. The number of nitrogens with two attached hydrogens (primary N) is 1. The van der Waals surface area contributed by atoms with E-state index >= 15 is 0 Å². The first-order valence-corrected chi connectivity index (χ1v) is 5.62. The second-order valence-electron chi connectivity index (χ2n) is 4.47. The zero-order chi connectivity index (χ0) is 10.4. The monoisotopic (exact) mass is 194 g/mol. The molecule has 0 amide bonds. The molecule has 2 heteroatoms. The fourth-order valence-corrected chi connectivity index (χ4v) is 2.24. The minimum atomic E-state index is 0.395. The normalized spacial score (nSPS) is 19.0. The van der Waals surface area contributed by atoms with E-state index in [2.05, 4.69) is 17.7 Å². The van der Waals surface area contributed by atoms with Gasteiger partial charge >= 0.3 is 0 Å². The zero-order valence-corrected chi connectivity index (χ0v) is 9.26. The molecule has 0 radical (unpaired) electrons. The second kappa shape index (κ2) is 5.38. The van der Waals surface area contributed by atoms with Crippen LogP contribution in [-0.4, -0.2) is 31.1 Å². The number of nitrogens with zero attached hydrogens (tertiary/aromatic N) is 1. The van der Waals surface area contributed by atoms with Gasteiger partial charge in [-0.25, -0.2) is 0 Å². The highest BCUT2D eigenvalue weighted by Crippen LogP contribution is 2.40. The van der Waals surface area contributed by atoms with Gasteiger partial charge in [0.15, 0.2) is 0 Å². The lowest BCUT2D eigenvalue weighted by Gasteiger charge is -2.44. The highest BCUT2D eigenvalue weighted by molar-refractivity contribution is 4.95. The van der Waals surface area contributed by atoms with Crippen LogP contribution < -0.4 is 5.73 Å². The molecule has 14 heavy (non-hydrogen) atoms. The number of terminal acetylenes is 1. The van der Waals surface area contributed by atoms with Crippen molar-refractivity contribution in [3.05, 3.63) is 0 Å². The lowest BCUT2D eigenvalue weighted by Crippen LogP contribution is -2.47. The lowest BCUT2D eigenvalue weighted by atomic mass is 9.68. The Morgan fingerprint density at radius 3 is 2.57 bits per heavy atom. The summed E-state index contributed by atoms with van der Waals surface area (Å²) in [6, 6.07) is 0. The maximum Gasteiger partial charge on any atom is 0.0599 e. The van der Waals surface area contributed by atoms with Crippen molar-refractivity contribution >= 4 is 0 Å². The number of hydrogen-bond donors (Lipinski definition) is 1. The summed E-state index contributed by atoms with van der Waals surface area (Å²) in [7, 11) is 0. The topological polar surface area (TPSA) is 29.3 Å². The van der Waals surface area contributed by atoms with Crippen LogP contribution in [0.1, 0.15) is 32.6 Å². The minimum Gasteiger partial charge on any atom is -0.330 e. The molecular weight excluding hydrogens is 172 g/mol. The summed E-state index contributed by atoms with van der Waals surface area (Å²) in [6.07, 6.45) is 10.4.